The lowest BCUT2D eigenvalue weighted by Crippen LogP contribution is -2.18. The first kappa shape index (κ1) is 20.2. The van der Waals surface area contributed by atoms with E-state index in [1.807, 2.05) is 81.0 Å². The lowest BCUT2D eigenvalue weighted by atomic mass is 10.1. The Morgan fingerprint density at radius 1 is 0.833 bits per heavy atom. The first-order valence-electron chi connectivity index (χ1n) is 9.85. The summed E-state index contributed by atoms with van der Waals surface area (Å²) < 4.78 is 30.9. The van der Waals surface area contributed by atoms with Gasteiger partial charge in [0.05, 0.1) is 16.1 Å². The van der Waals surface area contributed by atoms with Gasteiger partial charge in [-0.3, -0.25) is 4.72 Å². The molecule has 0 aliphatic carbocycles. The smallest absolute Gasteiger partial charge is 0.261 e. The van der Waals surface area contributed by atoms with Crippen molar-refractivity contribution in [2.45, 2.75) is 11.4 Å². The third-order valence-electron chi connectivity index (χ3n) is 5.12. The summed E-state index contributed by atoms with van der Waals surface area (Å²) in [6, 6.07) is 24.5. The molecule has 1 aromatic heterocycles. The lowest BCUT2D eigenvalue weighted by Gasteiger charge is -2.13. The van der Waals surface area contributed by atoms with E-state index in [-0.39, 0.29) is 4.90 Å². The fourth-order valence-corrected chi connectivity index (χ4v) is 4.56. The molecule has 0 amide bonds. The zero-order chi connectivity index (χ0) is 21.1. The Kier molecular flexibility index (Phi) is 5.61. The van der Waals surface area contributed by atoms with Crippen LogP contribution >= 0.6 is 0 Å². The van der Waals surface area contributed by atoms with Crippen LogP contribution in [0.4, 0.5) is 5.69 Å². The summed E-state index contributed by atoms with van der Waals surface area (Å²) in [6.07, 6.45) is 2.00. The molecule has 0 bridgehead atoms. The van der Waals surface area contributed by atoms with E-state index in [1.165, 1.54) is 0 Å². The van der Waals surface area contributed by atoms with Crippen LogP contribution in [0.15, 0.2) is 90.0 Å². The summed E-state index contributed by atoms with van der Waals surface area (Å²) in [6.45, 7) is 1.75. The molecule has 3 aromatic carbocycles. The summed E-state index contributed by atoms with van der Waals surface area (Å²) in [7, 11) is 0.384. The van der Waals surface area contributed by atoms with Crippen LogP contribution in [0.2, 0.25) is 0 Å². The van der Waals surface area contributed by atoms with E-state index in [0.29, 0.717) is 5.69 Å². The standard InChI is InChI=1S/C24H25N3O2S/c1-26(2)17-18-27-16-15-22-23(9-6-10-24(22)27)25-30(28,29)21-13-11-20(12-14-21)19-7-4-3-5-8-19/h3-16,25H,17-18H2,1-2H3. The first-order chi connectivity index (χ1) is 14.4. The molecule has 0 saturated carbocycles. The van der Waals surface area contributed by atoms with Gasteiger partial charge in [-0.2, -0.15) is 0 Å². The van der Waals surface area contributed by atoms with E-state index in [4.69, 9.17) is 0 Å². The van der Waals surface area contributed by atoms with E-state index in [1.54, 1.807) is 18.2 Å². The number of aromatic nitrogens is 1. The highest BCUT2D eigenvalue weighted by Crippen LogP contribution is 2.28. The van der Waals surface area contributed by atoms with Crippen molar-refractivity contribution in [2.24, 2.45) is 0 Å². The average Bonchev–Trinajstić information content (AvgIpc) is 3.17. The number of fused-ring (bicyclic) bond motifs is 1. The normalized spacial score (nSPS) is 11.8. The molecule has 30 heavy (non-hydrogen) atoms. The molecule has 4 rings (SSSR count). The van der Waals surface area contributed by atoms with Gasteiger partial charge in [-0.15, -0.1) is 0 Å². The molecule has 0 unspecified atom stereocenters. The second kappa shape index (κ2) is 8.34. The van der Waals surface area contributed by atoms with Crippen molar-refractivity contribution in [3.63, 3.8) is 0 Å². The minimum atomic E-state index is -3.69. The summed E-state index contributed by atoms with van der Waals surface area (Å²) in [5.41, 5.74) is 3.63. The fourth-order valence-electron chi connectivity index (χ4n) is 3.48. The quantitative estimate of drug-likeness (QED) is 0.474. The van der Waals surface area contributed by atoms with Crippen molar-refractivity contribution in [3.05, 3.63) is 85.1 Å². The molecule has 0 spiro atoms. The number of rotatable bonds is 7. The van der Waals surface area contributed by atoms with Gasteiger partial charge >= 0.3 is 0 Å². The van der Waals surface area contributed by atoms with Crippen molar-refractivity contribution < 1.29 is 8.42 Å². The number of anilines is 1. The van der Waals surface area contributed by atoms with E-state index in [2.05, 4.69) is 14.2 Å². The SMILES string of the molecule is CN(C)CCn1ccc2c(NS(=O)(=O)c3ccc(-c4ccccc4)cc3)cccc21. The number of benzene rings is 3. The van der Waals surface area contributed by atoms with Crippen molar-refractivity contribution in [2.75, 3.05) is 25.4 Å². The van der Waals surface area contributed by atoms with Gasteiger partial charge in [-0.1, -0.05) is 48.5 Å². The molecule has 1 heterocycles. The van der Waals surface area contributed by atoms with Crippen molar-refractivity contribution in [1.82, 2.24) is 9.47 Å². The van der Waals surface area contributed by atoms with Gasteiger partial charge < -0.3 is 9.47 Å². The van der Waals surface area contributed by atoms with Crippen LogP contribution in [0, 0.1) is 0 Å². The molecule has 4 aromatic rings. The number of nitrogens with one attached hydrogen (secondary N) is 1. The van der Waals surface area contributed by atoms with Gasteiger partial charge in [0.1, 0.15) is 0 Å². The van der Waals surface area contributed by atoms with E-state index in [9.17, 15) is 8.42 Å². The molecule has 0 aliphatic rings. The zero-order valence-corrected chi connectivity index (χ0v) is 17.9. The van der Waals surface area contributed by atoms with E-state index in [0.717, 1.165) is 35.1 Å². The molecule has 0 saturated heterocycles. The van der Waals surface area contributed by atoms with Crippen LogP contribution in [-0.2, 0) is 16.6 Å². The number of hydrogen-bond donors (Lipinski definition) is 1. The molecule has 5 nitrogen and oxygen atoms in total. The van der Waals surface area contributed by atoms with Crippen LogP contribution < -0.4 is 4.72 Å². The minimum Gasteiger partial charge on any atom is -0.346 e. The second-order valence-electron chi connectivity index (χ2n) is 7.55. The molecule has 0 aliphatic heterocycles. The molecular weight excluding hydrogens is 394 g/mol. The van der Waals surface area contributed by atoms with Gasteiger partial charge in [-0.05, 0) is 55.6 Å². The highest BCUT2D eigenvalue weighted by molar-refractivity contribution is 7.92. The van der Waals surface area contributed by atoms with Crippen molar-refractivity contribution >= 4 is 26.6 Å². The summed E-state index contributed by atoms with van der Waals surface area (Å²) in [5.74, 6) is 0. The Morgan fingerprint density at radius 3 is 2.23 bits per heavy atom. The van der Waals surface area contributed by atoms with Gasteiger partial charge in [0.2, 0.25) is 0 Å². The van der Waals surface area contributed by atoms with Gasteiger partial charge in [-0.25, -0.2) is 8.42 Å². The Morgan fingerprint density at radius 2 is 1.53 bits per heavy atom. The van der Waals surface area contributed by atoms with Crippen LogP contribution in [0.5, 0.6) is 0 Å². The average molecular weight is 420 g/mol. The molecule has 1 N–H and O–H groups in total. The highest BCUT2D eigenvalue weighted by Gasteiger charge is 2.16. The maximum atomic E-state index is 13.0. The van der Waals surface area contributed by atoms with Gasteiger partial charge in [0, 0.05) is 24.7 Å². The minimum absolute atomic E-state index is 0.242. The lowest BCUT2D eigenvalue weighted by molar-refractivity contribution is 0.387. The maximum Gasteiger partial charge on any atom is 0.261 e. The van der Waals surface area contributed by atoms with E-state index >= 15 is 0 Å². The predicted octanol–water partition coefficient (Wildman–Crippen LogP) is 4.67. The van der Waals surface area contributed by atoms with E-state index < -0.39 is 10.0 Å². The molecule has 6 heteroatoms. The van der Waals surface area contributed by atoms with Crippen molar-refractivity contribution in [3.8, 4) is 11.1 Å². The third-order valence-corrected chi connectivity index (χ3v) is 6.50. The topological polar surface area (TPSA) is 54.3 Å². The fraction of sp³-hybridized carbons (Fsp3) is 0.167. The van der Waals surface area contributed by atoms with Crippen LogP contribution in [0.1, 0.15) is 0 Å². The largest absolute Gasteiger partial charge is 0.346 e. The first-order valence-corrected chi connectivity index (χ1v) is 11.3. The maximum absolute atomic E-state index is 13.0. The summed E-state index contributed by atoms with van der Waals surface area (Å²) >= 11 is 0. The predicted molar refractivity (Wildman–Crippen MR) is 123 cm³/mol. The van der Waals surface area contributed by atoms with Gasteiger partial charge in [0.15, 0.2) is 0 Å². The third kappa shape index (κ3) is 4.25. The van der Waals surface area contributed by atoms with Gasteiger partial charge in [0.25, 0.3) is 10.0 Å². The van der Waals surface area contributed by atoms with Crippen LogP contribution in [-0.4, -0.2) is 38.5 Å². The number of sulfonamides is 1. The Hall–Kier alpha value is -3.09. The summed E-state index contributed by atoms with van der Waals surface area (Å²) in [5, 5.41) is 0.890. The molecular formula is C24H25N3O2S. The number of likely N-dealkylation sites (N-methyl/N-ethyl adjacent to an activating group) is 1. The number of hydrogen-bond acceptors (Lipinski definition) is 3. The molecule has 154 valence electrons. The highest BCUT2D eigenvalue weighted by atomic mass is 32.2. The Bertz CT molecular complexity index is 1240. The Balaban J connectivity index is 1.59. The monoisotopic (exact) mass is 419 g/mol. The van der Waals surface area contributed by atoms with Crippen LogP contribution in [0.25, 0.3) is 22.0 Å². The second-order valence-corrected chi connectivity index (χ2v) is 9.23. The Labute approximate surface area is 177 Å². The molecule has 0 radical (unpaired) electrons. The zero-order valence-electron chi connectivity index (χ0n) is 17.1. The molecule has 0 fully saturated rings. The van der Waals surface area contributed by atoms with Crippen LogP contribution in [0.3, 0.4) is 0 Å². The van der Waals surface area contributed by atoms with Crippen molar-refractivity contribution in [1.29, 1.82) is 0 Å². The summed E-state index contributed by atoms with van der Waals surface area (Å²) in [4.78, 5) is 2.36. The molecule has 0 atom stereocenters. The number of nitrogens with zero attached hydrogens (tertiary/aromatic N) is 2.